The average molecular weight is 609 g/mol. The monoisotopic (exact) mass is 608 g/mol. The Labute approximate surface area is 248 Å². The molecule has 5 atom stereocenters. The van der Waals surface area contributed by atoms with Crippen molar-refractivity contribution < 1.29 is 53.6 Å². The van der Waals surface area contributed by atoms with Crippen molar-refractivity contribution in [3.05, 3.63) is 35.9 Å². The molecule has 0 aliphatic rings. The van der Waals surface area contributed by atoms with Gasteiger partial charge in [0.05, 0.1) is 18.5 Å². The zero-order chi connectivity index (χ0) is 33.1. The second kappa shape index (κ2) is 16.3. The van der Waals surface area contributed by atoms with E-state index in [1.807, 2.05) is 0 Å². The fraction of sp³-hybridized carbons (Fsp3) is 0.536. The number of carboxylic acids is 3. The van der Waals surface area contributed by atoms with Crippen LogP contribution in [0.25, 0.3) is 0 Å². The van der Waals surface area contributed by atoms with Gasteiger partial charge >= 0.3 is 23.9 Å². The van der Waals surface area contributed by atoms with Crippen LogP contribution in [-0.2, 0) is 44.9 Å². The number of nitrogens with two attached hydrogens (primary N) is 2. The minimum absolute atomic E-state index is 0.110. The van der Waals surface area contributed by atoms with Gasteiger partial charge in [0.1, 0.15) is 12.6 Å². The van der Waals surface area contributed by atoms with Crippen molar-refractivity contribution in [3.8, 4) is 0 Å². The molecule has 15 nitrogen and oxygen atoms in total. The molecule has 238 valence electrons. The van der Waals surface area contributed by atoms with Crippen molar-refractivity contribution in [1.82, 2.24) is 10.2 Å². The summed E-state index contributed by atoms with van der Waals surface area (Å²) in [6.07, 6.45) is -2.79. The third-order valence-electron chi connectivity index (χ3n) is 6.96. The molecule has 0 saturated carbocycles. The molecule has 5 unspecified atom stereocenters. The number of carboxylic acid groups (broad SMARTS) is 3. The summed E-state index contributed by atoms with van der Waals surface area (Å²) in [5.74, 6) is -12.4. The lowest BCUT2D eigenvalue weighted by molar-refractivity contribution is -0.185. The molecule has 0 fully saturated rings. The molecule has 15 heteroatoms. The molecule has 0 spiro atoms. The molecule has 0 heterocycles. The zero-order valence-corrected chi connectivity index (χ0v) is 24.5. The van der Waals surface area contributed by atoms with Gasteiger partial charge in [-0.05, 0) is 23.8 Å². The quantitative estimate of drug-likeness (QED) is 0.101. The number of nitrogens with zero attached hydrogens (tertiary/aromatic N) is 1. The van der Waals surface area contributed by atoms with Crippen LogP contribution < -0.4 is 16.8 Å². The van der Waals surface area contributed by atoms with Gasteiger partial charge in [-0.2, -0.15) is 0 Å². The maximum atomic E-state index is 14.1. The van der Waals surface area contributed by atoms with Crippen molar-refractivity contribution in [2.45, 2.75) is 83.6 Å². The molecule has 0 aromatic heterocycles. The van der Waals surface area contributed by atoms with E-state index in [-0.39, 0.29) is 11.3 Å². The zero-order valence-electron chi connectivity index (χ0n) is 24.5. The summed E-state index contributed by atoms with van der Waals surface area (Å²) in [4.78, 5) is 90.5. The van der Waals surface area contributed by atoms with Crippen LogP contribution in [0.4, 0.5) is 0 Å². The van der Waals surface area contributed by atoms with Gasteiger partial charge < -0.3 is 36.8 Å². The number of hydrogen-bond donors (Lipinski definition) is 6. The molecule has 0 aliphatic heterocycles. The SMILES string of the molecule is CCC(C)C(N)C(=O)N(C(=O)C(CCC(=O)O)NC(=O)C(N)C(C)C)C(CC(=O)O)(C(=O)O)C(=O)OCc1ccccc1. The van der Waals surface area contributed by atoms with Crippen LogP contribution in [0.3, 0.4) is 0 Å². The Morgan fingerprint density at radius 1 is 0.907 bits per heavy atom. The number of aliphatic carboxylic acids is 3. The second-order valence-corrected chi connectivity index (χ2v) is 10.5. The number of hydrogen-bond acceptors (Lipinski definition) is 10. The third kappa shape index (κ3) is 9.58. The summed E-state index contributed by atoms with van der Waals surface area (Å²) in [5.41, 5.74) is 8.82. The van der Waals surface area contributed by atoms with E-state index < -0.39 is 103 Å². The Balaban J connectivity index is 3.89. The molecular formula is C28H40N4O11. The number of ether oxygens (including phenoxy) is 1. The fourth-order valence-electron chi connectivity index (χ4n) is 3.95. The lowest BCUT2D eigenvalue weighted by Crippen LogP contribution is -2.70. The van der Waals surface area contributed by atoms with Crippen LogP contribution in [0, 0.1) is 11.8 Å². The van der Waals surface area contributed by atoms with Crippen LogP contribution in [0.5, 0.6) is 0 Å². The van der Waals surface area contributed by atoms with E-state index in [0.29, 0.717) is 5.56 Å². The molecule has 8 N–H and O–H groups in total. The molecule has 1 rings (SSSR count). The summed E-state index contributed by atoms with van der Waals surface area (Å²) in [6, 6.07) is 3.15. The van der Waals surface area contributed by atoms with E-state index in [1.165, 1.54) is 19.1 Å². The number of amides is 3. The van der Waals surface area contributed by atoms with Crippen LogP contribution in [0.1, 0.15) is 58.9 Å². The summed E-state index contributed by atoms with van der Waals surface area (Å²) in [7, 11) is 0. The van der Waals surface area contributed by atoms with Gasteiger partial charge in [-0.1, -0.05) is 64.4 Å². The highest BCUT2D eigenvalue weighted by molar-refractivity contribution is 6.16. The highest BCUT2D eigenvalue weighted by Crippen LogP contribution is 2.28. The molecule has 0 aliphatic carbocycles. The van der Waals surface area contributed by atoms with E-state index in [2.05, 4.69) is 5.32 Å². The Kier molecular flexibility index (Phi) is 13.9. The van der Waals surface area contributed by atoms with Crippen LogP contribution in [-0.4, -0.2) is 85.5 Å². The normalized spacial score (nSPS) is 15.2. The Morgan fingerprint density at radius 3 is 1.95 bits per heavy atom. The summed E-state index contributed by atoms with van der Waals surface area (Å²) in [5, 5.41) is 31.6. The molecule has 43 heavy (non-hydrogen) atoms. The number of esters is 1. The number of imide groups is 1. The van der Waals surface area contributed by atoms with Crippen LogP contribution >= 0.6 is 0 Å². The number of rotatable bonds is 17. The van der Waals surface area contributed by atoms with Gasteiger partial charge in [-0.25, -0.2) is 9.59 Å². The fourth-order valence-corrected chi connectivity index (χ4v) is 3.95. The lowest BCUT2D eigenvalue weighted by atomic mass is 9.88. The first-order valence-electron chi connectivity index (χ1n) is 13.6. The minimum Gasteiger partial charge on any atom is -0.481 e. The number of benzene rings is 1. The number of carbonyl (C=O) groups is 7. The van der Waals surface area contributed by atoms with Gasteiger partial charge in [0, 0.05) is 6.42 Å². The summed E-state index contributed by atoms with van der Waals surface area (Å²) in [6.45, 7) is 5.77. The van der Waals surface area contributed by atoms with Crippen LogP contribution in [0.15, 0.2) is 30.3 Å². The lowest BCUT2D eigenvalue weighted by Gasteiger charge is -2.39. The minimum atomic E-state index is -3.49. The Hall–Kier alpha value is -4.37. The van der Waals surface area contributed by atoms with E-state index >= 15 is 0 Å². The summed E-state index contributed by atoms with van der Waals surface area (Å²) < 4.78 is 5.16. The third-order valence-corrected chi connectivity index (χ3v) is 6.96. The highest BCUT2D eigenvalue weighted by Gasteiger charge is 2.60. The Bertz CT molecular complexity index is 1190. The second-order valence-electron chi connectivity index (χ2n) is 10.5. The first-order chi connectivity index (χ1) is 20.0. The van der Waals surface area contributed by atoms with Crippen molar-refractivity contribution in [3.63, 3.8) is 0 Å². The average Bonchev–Trinajstić information content (AvgIpc) is 2.95. The summed E-state index contributed by atoms with van der Waals surface area (Å²) >= 11 is 0. The van der Waals surface area contributed by atoms with Gasteiger partial charge in [0.25, 0.3) is 11.4 Å². The van der Waals surface area contributed by atoms with Gasteiger partial charge in [0.2, 0.25) is 11.8 Å². The van der Waals surface area contributed by atoms with Gasteiger partial charge in [-0.15, -0.1) is 0 Å². The topological polar surface area (TPSA) is 257 Å². The van der Waals surface area contributed by atoms with Gasteiger partial charge in [0.15, 0.2) is 0 Å². The predicted octanol–water partition coefficient (Wildman–Crippen LogP) is 0.0894. The highest BCUT2D eigenvalue weighted by atomic mass is 16.5. The molecule has 1 aromatic carbocycles. The molecular weight excluding hydrogens is 568 g/mol. The molecule has 0 radical (unpaired) electrons. The van der Waals surface area contributed by atoms with Gasteiger partial charge in [-0.3, -0.25) is 28.9 Å². The standard InChI is InChI=1S/C28H40N4O11/c1-5-16(4)22(30)25(39)32(24(38)18(11-12-19(33)34)31-23(37)21(29)15(2)3)28(26(40)41,13-20(35)36)27(42)43-14-17-9-7-6-8-10-17/h6-10,15-16,18,21-22H,5,11-14,29-30H2,1-4H3,(H,31,37)(H,33,34)(H,35,36)(H,40,41). The smallest absolute Gasteiger partial charge is 0.345 e. The van der Waals surface area contributed by atoms with E-state index in [1.54, 1.807) is 39.0 Å². The van der Waals surface area contributed by atoms with E-state index in [4.69, 9.17) is 16.2 Å². The largest absolute Gasteiger partial charge is 0.481 e. The predicted molar refractivity (Wildman–Crippen MR) is 150 cm³/mol. The molecule has 1 aromatic rings. The first kappa shape index (κ1) is 36.7. The van der Waals surface area contributed by atoms with Crippen molar-refractivity contribution in [1.29, 1.82) is 0 Å². The van der Waals surface area contributed by atoms with E-state index in [9.17, 15) is 48.9 Å². The van der Waals surface area contributed by atoms with Crippen molar-refractivity contribution >= 4 is 41.6 Å². The van der Waals surface area contributed by atoms with Crippen molar-refractivity contribution in [2.75, 3.05) is 0 Å². The number of carbonyl (C=O) groups excluding carboxylic acids is 4. The van der Waals surface area contributed by atoms with Crippen LogP contribution in [0.2, 0.25) is 0 Å². The molecule has 0 bridgehead atoms. The van der Waals surface area contributed by atoms with Crippen molar-refractivity contribution in [2.24, 2.45) is 23.3 Å². The first-order valence-corrected chi connectivity index (χ1v) is 13.6. The maximum Gasteiger partial charge on any atom is 0.345 e. The molecule has 0 saturated heterocycles. The van der Waals surface area contributed by atoms with E-state index in [0.717, 1.165) is 0 Å². The molecule has 3 amide bonds. The number of nitrogens with one attached hydrogen (secondary N) is 1. The Morgan fingerprint density at radius 2 is 1.49 bits per heavy atom. The maximum absolute atomic E-state index is 14.1.